The molecule has 1 amide bonds. The highest BCUT2D eigenvalue weighted by molar-refractivity contribution is 7.92. The number of piperidine rings is 1. The highest BCUT2D eigenvalue weighted by Crippen LogP contribution is 2.36. The average Bonchev–Trinajstić information content (AvgIpc) is 3.31. The molecule has 2 aromatic carbocycles. The number of anilines is 4. The Hall–Kier alpha value is -3.61. The Kier molecular flexibility index (Phi) is 7.28. The van der Waals surface area contributed by atoms with Crippen LogP contribution in [0.1, 0.15) is 25.7 Å². The summed E-state index contributed by atoms with van der Waals surface area (Å²) >= 11 is 0. The van der Waals surface area contributed by atoms with Gasteiger partial charge in [0.2, 0.25) is 21.7 Å². The number of aromatic nitrogens is 2. The molecule has 0 aliphatic carbocycles. The van der Waals surface area contributed by atoms with E-state index in [0.29, 0.717) is 43.2 Å². The van der Waals surface area contributed by atoms with Crippen LogP contribution in [0, 0.1) is 5.82 Å². The minimum Gasteiger partial charge on any atom is -0.387 e. The second-order valence-corrected chi connectivity index (χ2v) is 11.5. The SMILES string of the molecule is O=C1CCCN1C(C1(O)CCNCC1)S(=O)(=O)c1ccc(Nc2nccc(Nc3ccc(F)cc3)n2)cc1. The maximum atomic E-state index is 13.8. The summed E-state index contributed by atoms with van der Waals surface area (Å²) in [6.45, 7) is 1.25. The first-order chi connectivity index (χ1) is 18.2. The second-order valence-electron chi connectivity index (χ2n) is 9.49. The third-order valence-electron chi connectivity index (χ3n) is 6.83. The quantitative estimate of drug-likeness (QED) is 0.340. The minimum atomic E-state index is -4.08. The third kappa shape index (κ3) is 5.47. The highest BCUT2D eigenvalue weighted by Gasteiger charge is 2.51. The number of hydrogen-bond acceptors (Lipinski definition) is 9. The highest BCUT2D eigenvalue weighted by atomic mass is 32.2. The van der Waals surface area contributed by atoms with Crippen molar-refractivity contribution in [2.45, 2.75) is 41.6 Å². The molecule has 1 unspecified atom stereocenters. The number of likely N-dealkylation sites (tertiary alicyclic amines) is 1. The number of aliphatic hydroxyl groups is 1. The molecule has 4 N–H and O–H groups in total. The predicted octanol–water partition coefficient (Wildman–Crippen LogP) is 2.94. The smallest absolute Gasteiger partial charge is 0.229 e. The van der Waals surface area contributed by atoms with E-state index in [1.807, 2.05) is 0 Å². The molecule has 38 heavy (non-hydrogen) atoms. The van der Waals surface area contributed by atoms with Crippen LogP contribution < -0.4 is 16.0 Å². The van der Waals surface area contributed by atoms with Crippen LogP contribution in [0.3, 0.4) is 0 Å². The van der Waals surface area contributed by atoms with Gasteiger partial charge in [-0.05, 0) is 86.9 Å². The lowest BCUT2D eigenvalue weighted by atomic mass is 9.91. The van der Waals surface area contributed by atoms with Gasteiger partial charge in [0.15, 0.2) is 5.37 Å². The molecule has 200 valence electrons. The van der Waals surface area contributed by atoms with Gasteiger partial charge in [0, 0.05) is 30.5 Å². The van der Waals surface area contributed by atoms with E-state index in [4.69, 9.17) is 0 Å². The normalized spacial score (nSPS) is 18.3. The molecule has 1 aromatic heterocycles. The van der Waals surface area contributed by atoms with E-state index in [9.17, 15) is 22.7 Å². The fourth-order valence-corrected chi connectivity index (χ4v) is 7.07. The summed E-state index contributed by atoms with van der Waals surface area (Å²) in [5, 5.41) is 19.3. The molecule has 0 spiro atoms. The molecule has 3 aromatic rings. The fraction of sp³-hybridized carbons (Fsp3) is 0.346. The molecule has 5 rings (SSSR count). The zero-order chi connectivity index (χ0) is 26.8. The molecule has 2 aliphatic rings. The van der Waals surface area contributed by atoms with Crippen molar-refractivity contribution in [3.8, 4) is 0 Å². The van der Waals surface area contributed by atoms with Crippen molar-refractivity contribution >= 4 is 38.9 Å². The topological polar surface area (TPSA) is 137 Å². The first kappa shape index (κ1) is 26.0. The minimum absolute atomic E-state index is 0.0207. The van der Waals surface area contributed by atoms with Gasteiger partial charge in [0.05, 0.1) is 4.90 Å². The molecular formula is C26H29FN6O4S. The summed E-state index contributed by atoms with van der Waals surface area (Å²) in [5.74, 6) is 0.170. The van der Waals surface area contributed by atoms with Crippen LogP contribution in [0.15, 0.2) is 65.7 Å². The molecule has 2 aliphatic heterocycles. The van der Waals surface area contributed by atoms with Crippen LogP contribution in [-0.4, -0.2) is 64.9 Å². The number of rotatable bonds is 8. The molecule has 1 atom stereocenters. The van der Waals surface area contributed by atoms with Gasteiger partial charge in [-0.1, -0.05) is 0 Å². The summed E-state index contributed by atoms with van der Waals surface area (Å²) in [6.07, 6.45) is 2.87. The van der Waals surface area contributed by atoms with E-state index < -0.39 is 20.8 Å². The molecule has 2 fully saturated rings. The maximum Gasteiger partial charge on any atom is 0.229 e. The van der Waals surface area contributed by atoms with Crippen molar-refractivity contribution in [3.63, 3.8) is 0 Å². The van der Waals surface area contributed by atoms with Crippen molar-refractivity contribution in [2.24, 2.45) is 0 Å². The van der Waals surface area contributed by atoms with Crippen molar-refractivity contribution in [1.29, 1.82) is 0 Å². The summed E-state index contributed by atoms with van der Waals surface area (Å²) in [6, 6.07) is 13.6. The maximum absolute atomic E-state index is 13.8. The van der Waals surface area contributed by atoms with E-state index in [-0.39, 0.29) is 41.8 Å². The lowest BCUT2D eigenvalue weighted by Crippen LogP contribution is -2.60. The van der Waals surface area contributed by atoms with Gasteiger partial charge in [-0.3, -0.25) is 4.79 Å². The monoisotopic (exact) mass is 540 g/mol. The number of sulfone groups is 1. The van der Waals surface area contributed by atoms with Crippen molar-refractivity contribution in [2.75, 3.05) is 30.3 Å². The number of amides is 1. The summed E-state index contributed by atoms with van der Waals surface area (Å²) < 4.78 is 40.8. The van der Waals surface area contributed by atoms with E-state index in [1.165, 1.54) is 29.2 Å². The summed E-state index contributed by atoms with van der Waals surface area (Å²) in [4.78, 5) is 22.5. The second kappa shape index (κ2) is 10.6. The Morgan fingerprint density at radius 2 is 1.66 bits per heavy atom. The zero-order valence-corrected chi connectivity index (χ0v) is 21.4. The lowest BCUT2D eigenvalue weighted by molar-refractivity contribution is -0.133. The Balaban J connectivity index is 1.35. The Bertz CT molecular complexity index is 1400. The molecule has 2 saturated heterocycles. The molecule has 0 radical (unpaired) electrons. The van der Waals surface area contributed by atoms with E-state index in [1.54, 1.807) is 36.5 Å². The first-order valence-corrected chi connectivity index (χ1v) is 14.0. The number of nitrogens with one attached hydrogen (secondary N) is 3. The Labute approximate surface area is 220 Å². The Morgan fingerprint density at radius 1 is 1.00 bits per heavy atom. The number of nitrogens with zero attached hydrogens (tertiary/aromatic N) is 3. The first-order valence-electron chi connectivity index (χ1n) is 12.4. The van der Waals surface area contributed by atoms with E-state index in [0.717, 1.165) is 0 Å². The largest absolute Gasteiger partial charge is 0.387 e. The molecule has 0 bridgehead atoms. The van der Waals surface area contributed by atoms with Gasteiger partial charge in [-0.15, -0.1) is 0 Å². The molecule has 12 heteroatoms. The standard InChI is InChI=1S/C26H29FN6O4S/c27-18-3-5-19(6-4-18)30-22-11-14-29-25(32-22)31-20-7-9-21(10-8-20)38(36,37)24(33-17-1-2-23(33)34)26(35)12-15-28-16-13-26/h3-11,14,24,28,35H,1-2,12-13,15-17H2,(H2,29,30,31,32). The third-order valence-corrected chi connectivity index (χ3v) is 9.04. The predicted molar refractivity (Wildman–Crippen MR) is 140 cm³/mol. The summed E-state index contributed by atoms with van der Waals surface area (Å²) in [7, 11) is -4.08. The van der Waals surface area contributed by atoms with Gasteiger partial charge in [0.1, 0.15) is 17.2 Å². The van der Waals surface area contributed by atoms with E-state index >= 15 is 0 Å². The van der Waals surface area contributed by atoms with Gasteiger partial charge in [-0.2, -0.15) is 4.98 Å². The molecular weight excluding hydrogens is 511 g/mol. The molecule has 10 nitrogen and oxygen atoms in total. The van der Waals surface area contributed by atoms with E-state index in [2.05, 4.69) is 25.9 Å². The van der Waals surface area contributed by atoms with Crippen LogP contribution >= 0.6 is 0 Å². The number of hydrogen-bond donors (Lipinski definition) is 4. The van der Waals surface area contributed by atoms with Crippen LogP contribution in [0.4, 0.5) is 27.5 Å². The van der Waals surface area contributed by atoms with Gasteiger partial charge in [-0.25, -0.2) is 17.8 Å². The fourth-order valence-electron chi connectivity index (χ4n) is 4.93. The van der Waals surface area contributed by atoms with Crippen molar-refractivity contribution in [3.05, 3.63) is 66.6 Å². The zero-order valence-electron chi connectivity index (χ0n) is 20.6. The van der Waals surface area contributed by atoms with Gasteiger partial charge >= 0.3 is 0 Å². The van der Waals surface area contributed by atoms with Crippen LogP contribution in [-0.2, 0) is 14.6 Å². The summed E-state index contributed by atoms with van der Waals surface area (Å²) in [5.41, 5.74) is -0.323. The van der Waals surface area contributed by atoms with Crippen LogP contribution in [0.2, 0.25) is 0 Å². The molecule has 0 saturated carbocycles. The molecule has 3 heterocycles. The van der Waals surface area contributed by atoms with Crippen molar-refractivity contribution < 1.29 is 22.7 Å². The van der Waals surface area contributed by atoms with Crippen molar-refractivity contribution in [1.82, 2.24) is 20.2 Å². The number of carbonyl (C=O) groups excluding carboxylic acids is 1. The van der Waals surface area contributed by atoms with Crippen LogP contribution in [0.25, 0.3) is 0 Å². The van der Waals surface area contributed by atoms with Gasteiger partial charge < -0.3 is 26.0 Å². The Morgan fingerprint density at radius 3 is 2.32 bits per heavy atom. The van der Waals surface area contributed by atoms with Gasteiger partial charge in [0.25, 0.3) is 0 Å². The number of carbonyl (C=O) groups is 1. The van der Waals surface area contributed by atoms with Crippen LogP contribution in [0.5, 0.6) is 0 Å². The average molecular weight is 541 g/mol. The lowest BCUT2D eigenvalue weighted by Gasteiger charge is -2.42. The number of benzene rings is 2. The number of halogens is 1.